The molecule has 0 unspecified atom stereocenters. The van der Waals surface area contributed by atoms with E-state index in [1.54, 1.807) is 0 Å². The lowest BCUT2D eigenvalue weighted by Crippen LogP contribution is -2.38. The number of rotatable bonds is 6. The number of aromatic nitrogens is 1. The molecule has 0 fully saturated rings. The number of ether oxygens (including phenoxy) is 1. The minimum Gasteiger partial charge on any atom is -0.445 e. The first-order chi connectivity index (χ1) is 10.1. The summed E-state index contributed by atoms with van der Waals surface area (Å²) in [4.78, 5) is 14.6. The van der Waals surface area contributed by atoms with Gasteiger partial charge >= 0.3 is 6.09 Å². The lowest BCUT2D eigenvalue weighted by molar-refractivity contribution is 0.157. The Labute approximate surface area is 124 Å². The van der Waals surface area contributed by atoms with Crippen LogP contribution < -0.4 is 11.1 Å². The van der Waals surface area contributed by atoms with Crippen LogP contribution in [0.2, 0.25) is 0 Å². The molecule has 5 nitrogen and oxygen atoms in total. The molecule has 0 aliphatic heterocycles. The third-order valence-electron chi connectivity index (χ3n) is 3.25. The fourth-order valence-corrected chi connectivity index (χ4v) is 2.22. The van der Waals surface area contributed by atoms with Crippen molar-refractivity contribution in [3.05, 3.63) is 48.2 Å². The molecule has 4 N–H and O–H groups in total. The maximum absolute atomic E-state index is 11.3. The molecule has 0 radical (unpaired) electrons. The average Bonchev–Trinajstić information content (AvgIpc) is 2.85. The topological polar surface area (TPSA) is 80.1 Å². The van der Waals surface area contributed by atoms with Crippen molar-refractivity contribution in [3.63, 3.8) is 0 Å². The van der Waals surface area contributed by atoms with E-state index >= 15 is 0 Å². The van der Waals surface area contributed by atoms with Crippen LogP contribution in [0.5, 0.6) is 0 Å². The van der Waals surface area contributed by atoms with Gasteiger partial charge in [0.25, 0.3) is 0 Å². The Balaban J connectivity index is 1.92. The van der Waals surface area contributed by atoms with Crippen LogP contribution in [0.15, 0.2) is 37.1 Å². The number of hydrogen-bond donors (Lipinski definition) is 3. The molecule has 0 saturated heterocycles. The Hall–Kier alpha value is -2.27. The summed E-state index contributed by atoms with van der Waals surface area (Å²) in [6.45, 7) is 6.11. The fraction of sp³-hybridized carbons (Fsp3) is 0.312. The fourth-order valence-electron chi connectivity index (χ4n) is 2.22. The summed E-state index contributed by atoms with van der Waals surface area (Å²) in [6, 6.07) is 6.10. The highest BCUT2D eigenvalue weighted by atomic mass is 16.5. The summed E-state index contributed by atoms with van der Waals surface area (Å²) in [5.74, 6) is 0. The number of aromatic amines is 1. The zero-order valence-electron chi connectivity index (χ0n) is 12.2. The molecule has 0 bridgehead atoms. The summed E-state index contributed by atoms with van der Waals surface area (Å²) >= 11 is 0. The quantitative estimate of drug-likeness (QED) is 0.713. The van der Waals surface area contributed by atoms with Gasteiger partial charge in [-0.3, -0.25) is 0 Å². The number of carbonyl (C=O) groups is 1. The van der Waals surface area contributed by atoms with Crippen LogP contribution in [0.1, 0.15) is 11.1 Å². The number of aryl methyl sites for hydroxylation is 1. The summed E-state index contributed by atoms with van der Waals surface area (Å²) in [7, 11) is 0. The van der Waals surface area contributed by atoms with E-state index < -0.39 is 6.09 Å². The molecule has 0 aliphatic rings. The minimum atomic E-state index is -0.472. The van der Waals surface area contributed by atoms with E-state index in [1.807, 2.05) is 6.20 Å². The lowest BCUT2D eigenvalue weighted by Gasteiger charge is -2.12. The Morgan fingerprint density at radius 3 is 3.14 bits per heavy atom. The van der Waals surface area contributed by atoms with Crippen molar-refractivity contribution in [2.75, 3.05) is 13.2 Å². The van der Waals surface area contributed by atoms with Gasteiger partial charge in [-0.25, -0.2) is 4.79 Å². The summed E-state index contributed by atoms with van der Waals surface area (Å²) in [6.07, 6.45) is 3.71. The van der Waals surface area contributed by atoms with Gasteiger partial charge in [-0.15, -0.1) is 0 Å². The van der Waals surface area contributed by atoms with E-state index in [4.69, 9.17) is 10.5 Å². The first kappa shape index (κ1) is 15.1. The van der Waals surface area contributed by atoms with Crippen molar-refractivity contribution in [2.45, 2.75) is 19.4 Å². The molecule has 21 heavy (non-hydrogen) atoms. The summed E-state index contributed by atoms with van der Waals surface area (Å²) in [5, 5.41) is 3.83. The van der Waals surface area contributed by atoms with Crippen molar-refractivity contribution in [2.24, 2.45) is 5.73 Å². The van der Waals surface area contributed by atoms with E-state index in [-0.39, 0.29) is 12.6 Å². The van der Waals surface area contributed by atoms with Crippen LogP contribution in [0.3, 0.4) is 0 Å². The number of benzene rings is 1. The normalized spacial score (nSPS) is 12.1. The molecule has 0 aliphatic carbocycles. The highest BCUT2D eigenvalue weighted by Gasteiger charge is 2.10. The van der Waals surface area contributed by atoms with Gasteiger partial charge in [0.05, 0.1) is 0 Å². The smallest absolute Gasteiger partial charge is 0.407 e. The van der Waals surface area contributed by atoms with Crippen LogP contribution in [0.4, 0.5) is 4.79 Å². The third kappa shape index (κ3) is 4.10. The zero-order valence-corrected chi connectivity index (χ0v) is 12.2. The van der Waals surface area contributed by atoms with E-state index in [0.29, 0.717) is 13.0 Å². The zero-order chi connectivity index (χ0) is 15.2. The number of nitrogens with one attached hydrogen (secondary N) is 2. The third-order valence-corrected chi connectivity index (χ3v) is 3.25. The van der Waals surface area contributed by atoms with E-state index in [0.717, 1.165) is 11.1 Å². The van der Waals surface area contributed by atoms with Gasteiger partial charge in [-0.2, -0.15) is 0 Å². The van der Waals surface area contributed by atoms with E-state index in [9.17, 15) is 4.79 Å². The van der Waals surface area contributed by atoms with Gasteiger partial charge in [-0.1, -0.05) is 24.3 Å². The maximum Gasteiger partial charge on any atom is 0.407 e. The van der Waals surface area contributed by atoms with Gasteiger partial charge in [-0.05, 0) is 31.0 Å². The molecular formula is C16H21N3O2. The van der Waals surface area contributed by atoms with Crippen molar-refractivity contribution >= 4 is 17.0 Å². The predicted octanol–water partition coefficient (Wildman–Crippen LogP) is 2.26. The second-order valence-corrected chi connectivity index (χ2v) is 5.10. The van der Waals surface area contributed by atoms with Gasteiger partial charge in [0, 0.05) is 29.7 Å². The van der Waals surface area contributed by atoms with Gasteiger partial charge in [0.2, 0.25) is 0 Å². The molecule has 1 amide bonds. The Bertz CT molecular complexity index is 633. The highest BCUT2D eigenvalue weighted by molar-refractivity contribution is 5.83. The van der Waals surface area contributed by atoms with Crippen molar-refractivity contribution in [1.29, 1.82) is 0 Å². The standard InChI is InChI=1S/C16H21N3O2/c1-3-6-21-16(20)19-10-13(17)8-12-9-18-15-5-4-11(2)7-14(12)15/h3-5,7,9,13,18H,1,6,8,10,17H2,2H3,(H,19,20)/t13-/m1/s1. The molecule has 2 rings (SSSR count). The number of nitrogens with two attached hydrogens (primary N) is 1. The van der Waals surface area contributed by atoms with Crippen LogP contribution in [-0.2, 0) is 11.2 Å². The molecule has 0 spiro atoms. The van der Waals surface area contributed by atoms with E-state index in [1.165, 1.54) is 17.0 Å². The molecule has 1 heterocycles. The monoisotopic (exact) mass is 287 g/mol. The average molecular weight is 287 g/mol. The lowest BCUT2D eigenvalue weighted by atomic mass is 10.0. The molecule has 2 aromatic rings. The largest absolute Gasteiger partial charge is 0.445 e. The van der Waals surface area contributed by atoms with Gasteiger partial charge < -0.3 is 20.8 Å². The van der Waals surface area contributed by atoms with Crippen LogP contribution >= 0.6 is 0 Å². The molecular weight excluding hydrogens is 266 g/mol. The first-order valence-electron chi connectivity index (χ1n) is 6.94. The molecule has 1 aromatic heterocycles. The summed E-state index contributed by atoms with van der Waals surface area (Å²) in [5.41, 5.74) is 9.53. The molecule has 0 saturated carbocycles. The van der Waals surface area contributed by atoms with Crippen LogP contribution in [0, 0.1) is 6.92 Å². The Morgan fingerprint density at radius 1 is 1.57 bits per heavy atom. The number of hydrogen-bond acceptors (Lipinski definition) is 3. The molecule has 1 aromatic carbocycles. The number of H-pyrrole nitrogens is 1. The van der Waals surface area contributed by atoms with Crippen molar-refractivity contribution < 1.29 is 9.53 Å². The first-order valence-corrected chi connectivity index (χ1v) is 6.94. The van der Waals surface area contributed by atoms with Crippen LogP contribution in [-0.4, -0.2) is 30.3 Å². The van der Waals surface area contributed by atoms with Crippen molar-refractivity contribution in [1.82, 2.24) is 10.3 Å². The minimum absolute atomic E-state index is 0.166. The number of fused-ring (bicyclic) bond motifs is 1. The maximum atomic E-state index is 11.3. The predicted molar refractivity (Wildman–Crippen MR) is 84.3 cm³/mol. The second kappa shape index (κ2) is 6.95. The molecule has 112 valence electrons. The highest BCUT2D eigenvalue weighted by Crippen LogP contribution is 2.20. The Morgan fingerprint density at radius 2 is 2.38 bits per heavy atom. The van der Waals surface area contributed by atoms with Gasteiger partial charge in [0.15, 0.2) is 0 Å². The Kier molecular flexibility index (Phi) is 5.00. The summed E-state index contributed by atoms with van der Waals surface area (Å²) < 4.78 is 4.83. The number of amides is 1. The SMILES string of the molecule is C=CCOC(=O)NC[C@H](N)Cc1c[nH]c2ccc(C)cc12. The van der Waals surface area contributed by atoms with Crippen molar-refractivity contribution in [3.8, 4) is 0 Å². The number of alkyl carbamates (subject to hydrolysis) is 1. The van der Waals surface area contributed by atoms with Crippen LogP contribution in [0.25, 0.3) is 10.9 Å². The van der Waals surface area contributed by atoms with Gasteiger partial charge in [0.1, 0.15) is 6.61 Å². The molecule has 5 heteroatoms. The second-order valence-electron chi connectivity index (χ2n) is 5.10. The molecule has 1 atom stereocenters. The number of carbonyl (C=O) groups excluding carboxylic acids is 1. The van der Waals surface area contributed by atoms with E-state index in [2.05, 4.69) is 42.0 Å².